The largest absolute Gasteiger partial charge is 0.384 e. The lowest BCUT2D eigenvalue weighted by Gasteiger charge is -2.42. The van der Waals surface area contributed by atoms with Crippen LogP contribution in [0.5, 0.6) is 0 Å². The molecule has 0 N–H and O–H groups in total. The summed E-state index contributed by atoms with van der Waals surface area (Å²) in [6, 6.07) is 10.7. The number of benzene rings is 1. The van der Waals surface area contributed by atoms with Gasteiger partial charge in [-0.2, -0.15) is 0 Å². The van der Waals surface area contributed by atoms with Crippen LogP contribution in [-0.4, -0.2) is 62.1 Å². The van der Waals surface area contributed by atoms with E-state index in [4.69, 9.17) is 4.74 Å². The topological polar surface area (TPSA) is 32.8 Å². The summed E-state index contributed by atoms with van der Waals surface area (Å²) < 4.78 is 5.46. The van der Waals surface area contributed by atoms with Crippen LogP contribution < -0.4 is 0 Å². The van der Waals surface area contributed by atoms with Gasteiger partial charge in [0.05, 0.1) is 6.61 Å². The summed E-state index contributed by atoms with van der Waals surface area (Å²) in [5.74, 6) is 0.696. The molecule has 2 aliphatic heterocycles. The van der Waals surface area contributed by atoms with Gasteiger partial charge in [0.1, 0.15) is 0 Å². The molecule has 132 valence electrons. The van der Waals surface area contributed by atoms with Crippen molar-refractivity contribution in [1.29, 1.82) is 0 Å². The van der Waals surface area contributed by atoms with E-state index in [9.17, 15) is 4.79 Å². The van der Waals surface area contributed by atoms with Crippen LogP contribution in [0.4, 0.5) is 0 Å². The molecule has 0 saturated carbocycles. The van der Waals surface area contributed by atoms with Crippen molar-refractivity contribution in [2.75, 3.05) is 46.4 Å². The molecule has 4 nitrogen and oxygen atoms in total. The first-order chi connectivity index (χ1) is 11.6. The number of rotatable bonds is 5. The zero-order valence-electron chi connectivity index (χ0n) is 15.0. The van der Waals surface area contributed by atoms with E-state index in [2.05, 4.69) is 35.2 Å². The fourth-order valence-corrected chi connectivity index (χ4v) is 4.42. The highest BCUT2D eigenvalue weighted by Crippen LogP contribution is 2.44. The summed E-state index contributed by atoms with van der Waals surface area (Å²) in [6.07, 6.45) is 3.48. The monoisotopic (exact) mass is 330 g/mol. The zero-order chi connectivity index (χ0) is 17.0. The maximum Gasteiger partial charge on any atom is 0.219 e. The van der Waals surface area contributed by atoms with Crippen molar-refractivity contribution in [3.8, 4) is 0 Å². The predicted octanol–water partition coefficient (Wildman–Crippen LogP) is 2.44. The molecule has 2 saturated heterocycles. The summed E-state index contributed by atoms with van der Waals surface area (Å²) in [4.78, 5) is 16.4. The van der Waals surface area contributed by atoms with Crippen LogP contribution in [0.3, 0.4) is 0 Å². The van der Waals surface area contributed by atoms with E-state index in [1.807, 2.05) is 4.90 Å². The van der Waals surface area contributed by atoms with E-state index in [1.54, 1.807) is 14.0 Å². The number of hydrogen-bond donors (Lipinski definition) is 0. The molecule has 24 heavy (non-hydrogen) atoms. The molecule has 2 aliphatic rings. The number of ether oxygens (including phenoxy) is 1. The predicted molar refractivity (Wildman–Crippen MR) is 95.9 cm³/mol. The average Bonchev–Trinajstić information content (AvgIpc) is 2.94. The number of amides is 1. The van der Waals surface area contributed by atoms with Crippen molar-refractivity contribution in [2.24, 2.45) is 11.3 Å². The van der Waals surface area contributed by atoms with Crippen molar-refractivity contribution in [1.82, 2.24) is 9.80 Å². The van der Waals surface area contributed by atoms with Gasteiger partial charge in [0.25, 0.3) is 0 Å². The molecule has 0 aliphatic carbocycles. The first-order valence-corrected chi connectivity index (χ1v) is 9.14. The van der Waals surface area contributed by atoms with Crippen LogP contribution in [-0.2, 0) is 16.0 Å². The summed E-state index contributed by atoms with van der Waals surface area (Å²) >= 11 is 0. The number of likely N-dealkylation sites (tertiary alicyclic amines) is 2. The molecule has 1 amide bonds. The highest BCUT2D eigenvalue weighted by Gasteiger charge is 2.48. The second kappa shape index (κ2) is 7.66. The lowest BCUT2D eigenvalue weighted by Crippen LogP contribution is -2.45. The summed E-state index contributed by atoms with van der Waals surface area (Å²) in [6.45, 7) is 7.66. The summed E-state index contributed by atoms with van der Waals surface area (Å²) in [7, 11) is 1.78. The number of methoxy groups -OCH3 is 1. The first-order valence-electron chi connectivity index (χ1n) is 9.14. The molecule has 0 radical (unpaired) electrons. The number of nitrogens with zero attached hydrogens (tertiary/aromatic N) is 2. The van der Waals surface area contributed by atoms with Gasteiger partial charge in [-0.3, -0.25) is 4.79 Å². The number of hydrogen-bond acceptors (Lipinski definition) is 3. The average molecular weight is 330 g/mol. The smallest absolute Gasteiger partial charge is 0.219 e. The minimum absolute atomic E-state index is 0.208. The molecule has 1 aromatic carbocycles. The third-order valence-corrected chi connectivity index (χ3v) is 6.04. The van der Waals surface area contributed by atoms with Crippen molar-refractivity contribution >= 4 is 5.91 Å². The molecule has 1 spiro atoms. The Morgan fingerprint density at radius 3 is 2.58 bits per heavy atom. The molecule has 3 rings (SSSR count). The molecule has 0 bridgehead atoms. The Balaban J connectivity index is 1.55. The molecule has 2 fully saturated rings. The molecule has 1 aromatic rings. The van der Waals surface area contributed by atoms with Gasteiger partial charge in [-0.05, 0) is 43.3 Å². The minimum Gasteiger partial charge on any atom is -0.384 e. The Morgan fingerprint density at radius 2 is 1.96 bits per heavy atom. The quantitative estimate of drug-likeness (QED) is 0.831. The number of carbonyl (C=O) groups excluding carboxylic acids is 1. The zero-order valence-corrected chi connectivity index (χ0v) is 15.0. The van der Waals surface area contributed by atoms with Gasteiger partial charge in [-0.25, -0.2) is 0 Å². The fourth-order valence-electron chi connectivity index (χ4n) is 4.42. The second-order valence-corrected chi connectivity index (χ2v) is 7.49. The SMILES string of the molecule is COCC1CN(C(C)=O)CC12CCN(CCc1ccccc1)CC2. The summed E-state index contributed by atoms with van der Waals surface area (Å²) in [5, 5.41) is 0. The third-order valence-electron chi connectivity index (χ3n) is 6.04. The highest BCUT2D eigenvalue weighted by molar-refractivity contribution is 5.73. The number of carbonyl (C=O) groups is 1. The first kappa shape index (κ1) is 17.4. The second-order valence-electron chi connectivity index (χ2n) is 7.49. The molecule has 2 heterocycles. The van der Waals surface area contributed by atoms with Gasteiger partial charge in [0.15, 0.2) is 0 Å². The highest BCUT2D eigenvalue weighted by atomic mass is 16.5. The van der Waals surface area contributed by atoms with Crippen molar-refractivity contribution in [3.63, 3.8) is 0 Å². The van der Waals surface area contributed by atoms with Gasteiger partial charge < -0.3 is 14.5 Å². The molecule has 0 aromatic heterocycles. The summed E-state index contributed by atoms with van der Waals surface area (Å²) in [5.41, 5.74) is 1.68. The van der Waals surface area contributed by atoms with Crippen molar-refractivity contribution in [2.45, 2.75) is 26.2 Å². The third kappa shape index (κ3) is 3.81. The van der Waals surface area contributed by atoms with Crippen LogP contribution in [0.25, 0.3) is 0 Å². The molecular weight excluding hydrogens is 300 g/mol. The molecular formula is C20H30N2O2. The van der Waals surface area contributed by atoms with Crippen LogP contribution >= 0.6 is 0 Å². The van der Waals surface area contributed by atoms with E-state index in [0.29, 0.717) is 5.92 Å². The Kier molecular flexibility index (Phi) is 5.57. The number of piperidine rings is 1. The van der Waals surface area contributed by atoms with Crippen molar-refractivity contribution < 1.29 is 9.53 Å². The molecule has 4 heteroatoms. The van der Waals surface area contributed by atoms with E-state index < -0.39 is 0 Å². The maximum atomic E-state index is 11.8. The van der Waals surface area contributed by atoms with Crippen LogP contribution in [0, 0.1) is 11.3 Å². The van der Waals surface area contributed by atoms with Crippen LogP contribution in [0.15, 0.2) is 30.3 Å². The van der Waals surface area contributed by atoms with E-state index >= 15 is 0 Å². The van der Waals surface area contributed by atoms with Gasteiger partial charge in [0.2, 0.25) is 5.91 Å². The van der Waals surface area contributed by atoms with E-state index in [-0.39, 0.29) is 11.3 Å². The fraction of sp³-hybridized carbons (Fsp3) is 0.650. The minimum atomic E-state index is 0.208. The van der Waals surface area contributed by atoms with Gasteiger partial charge in [-0.15, -0.1) is 0 Å². The lowest BCUT2D eigenvalue weighted by molar-refractivity contribution is -0.128. The lowest BCUT2D eigenvalue weighted by atomic mass is 9.71. The molecule has 1 atom stereocenters. The van der Waals surface area contributed by atoms with Crippen molar-refractivity contribution in [3.05, 3.63) is 35.9 Å². The van der Waals surface area contributed by atoms with Crippen LogP contribution in [0.2, 0.25) is 0 Å². The standard InChI is InChI=1S/C20H30N2O2/c1-17(23)22-14-19(15-24-2)20(16-22)9-12-21(13-10-20)11-8-18-6-4-3-5-7-18/h3-7,19H,8-16H2,1-2H3. The van der Waals surface area contributed by atoms with Gasteiger partial charge in [0, 0.05) is 39.6 Å². The van der Waals surface area contributed by atoms with Crippen LogP contribution in [0.1, 0.15) is 25.3 Å². The van der Waals surface area contributed by atoms with E-state index in [0.717, 1.165) is 45.8 Å². The molecule has 1 unspecified atom stereocenters. The Hall–Kier alpha value is -1.39. The maximum absolute atomic E-state index is 11.8. The van der Waals surface area contributed by atoms with Gasteiger partial charge in [-0.1, -0.05) is 30.3 Å². The Labute approximate surface area is 145 Å². The Morgan fingerprint density at radius 1 is 1.25 bits per heavy atom. The normalized spacial score (nSPS) is 23.8. The van der Waals surface area contributed by atoms with Gasteiger partial charge >= 0.3 is 0 Å². The van der Waals surface area contributed by atoms with E-state index in [1.165, 1.54) is 18.4 Å². The Bertz CT molecular complexity index is 538.